The molecule has 0 radical (unpaired) electrons. The van der Waals surface area contributed by atoms with Gasteiger partial charge in [-0.05, 0) is 55.8 Å². The Balaban J connectivity index is 2.01. The van der Waals surface area contributed by atoms with Crippen LogP contribution < -0.4 is 0 Å². The lowest BCUT2D eigenvalue weighted by Crippen LogP contribution is -2.48. The van der Waals surface area contributed by atoms with Crippen LogP contribution in [0.1, 0.15) is 59.3 Å². The lowest BCUT2D eigenvalue weighted by atomic mass is 9.68. The average Bonchev–Trinajstić information content (AvgIpc) is 3.18. The van der Waals surface area contributed by atoms with Crippen LogP contribution >= 0.6 is 0 Å². The Hall–Kier alpha value is -1.06. The summed E-state index contributed by atoms with van der Waals surface area (Å²) in [6, 6.07) is -0.435. The molecule has 2 rings (SSSR count). The van der Waals surface area contributed by atoms with E-state index >= 15 is 0 Å². The van der Waals surface area contributed by atoms with Gasteiger partial charge in [-0.3, -0.25) is 4.79 Å². The number of carboxylic acid groups (broad SMARTS) is 1. The van der Waals surface area contributed by atoms with Crippen molar-refractivity contribution in [2.45, 2.75) is 71.4 Å². The molecule has 114 valence electrons. The van der Waals surface area contributed by atoms with Crippen LogP contribution in [-0.2, 0) is 9.59 Å². The van der Waals surface area contributed by atoms with Gasteiger partial charge < -0.3 is 10.0 Å². The number of hydrogen-bond donors (Lipinski definition) is 1. The van der Waals surface area contributed by atoms with Gasteiger partial charge in [0.05, 0.1) is 0 Å². The summed E-state index contributed by atoms with van der Waals surface area (Å²) in [4.78, 5) is 24.4. The average molecular weight is 281 g/mol. The van der Waals surface area contributed by atoms with Crippen molar-refractivity contribution in [2.24, 2.45) is 17.3 Å². The molecule has 0 aromatic heterocycles. The Kier molecular flexibility index (Phi) is 4.40. The summed E-state index contributed by atoms with van der Waals surface area (Å²) in [5.41, 5.74) is 0.296. The Morgan fingerprint density at radius 1 is 1.15 bits per heavy atom. The van der Waals surface area contributed by atoms with Gasteiger partial charge in [0.15, 0.2) is 0 Å². The second-order valence-corrected chi connectivity index (χ2v) is 7.54. The first-order valence-electron chi connectivity index (χ1n) is 7.80. The first kappa shape index (κ1) is 15.3. The van der Waals surface area contributed by atoms with Crippen LogP contribution in [0, 0.1) is 17.3 Å². The van der Waals surface area contributed by atoms with E-state index in [0.717, 1.165) is 44.9 Å². The van der Waals surface area contributed by atoms with E-state index in [9.17, 15) is 14.7 Å². The molecule has 0 aromatic rings. The molecule has 1 N–H and O–H groups in total. The highest BCUT2D eigenvalue weighted by atomic mass is 16.4. The van der Waals surface area contributed by atoms with E-state index in [2.05, 4.69) is 20.8 Å². The summed E-state index contributed by atoms with van der Waals surface area (Å²) in [6.07, 6.45) is 6.68. The molecule has 0 spiro atoms. The minimum Gasteiger partial charge on any atom is -0.480 e. The van der Waals surface area contributed by atoms with E-state index in [1.54, 1.807) is 4.90 Å². The Morgan fingerprint density at radius 3 is 2.05 bits per heavy atom. The number of aliphatic carboxylic acids is 1. The van der Waals surface area contributed by atoms with E-state index in [-0.39, 0.29) is 12.0 Å². The predicted octanol–water partition coefficient (Wildman–Crippen LogP) is 2.91. The number of rotatable bonds is 5. The summed E-state index contributed by atoms with van der Waals surface area (Å²) >= 11 is 0. The summed E-state index contributed by atoms with van der Waals surface area (Å²) in [5.74, 6) is -0.0427. The van der Waals surface area contributed by atoms with Crippen LogP contribution in [0.4, 0.5) is 0 Å². The highest BCUT2D eigenvalue weighted by Gasteiger charge is 2.42. The molecule has 1 atom stereocenters. The maximum Gasteiger partial charge on any atom is 0.326 e. The fourth-order valence-electron chi connectivity index (χ4n) is 3.62. The molecule has 0 saturated heterocycles. The Bertz CT molecular complexity index is 362. The molecular weight excluding hydrogens is 254 g/mol. The van der Waals surface area contributed by atoms with Crippen LogP contribution in [0.5, 0.6) is 0 Å². The van der Waals surface area contributed by atoms with Crippen molar-refractivity contribution < 1.29 is 14.7 Å². The third-order valence-electron chi connectivity index (χ3n) is 5.11. The van der Waals surface area contributed by atoms with E-state index in [4.69, 9.17) is 0 Å². The van der Waals surface area contributed by atoms with E-state index in [1.807, 2.05) is 0 Å². The molecule has 2 aliphatic carbocycles. The lowest BCUT2D eigenvalue weighted by molar-refractivity contribution is -0.150. The van der Waals surface area contributed by atoms with E-state index < -0.39 is 12.0 Å². The fraction of sp³-hybridized carbons (Fsp3) is 0.875. The maximum absolute atomic E-state index is 11.6. The van der Waals surface area contributed by atoms with Gasteiger partial charge in [0.25, 0.3) is 0 Å². The van der Waals surface area contributed by atoms with Gasteiger partial charge in [-0.1, -0.05) is 20.8 Å². The largest absolute Gasteiger partial charge is 0.480 e. The normalized spacial score (nSPS) is 28.8. The molecule has 0 bridgehead atoms. The summed E-state index contributed by atoms with van der Waals surface area (Å²) < 4.78 is 0. The van der Waals surface area contributed by atoms with Gasteiger partial charge in [-0.25, -0.2) is 4.79 Å². The van der Waals surface area contributed by atoms with Gasteiger partial charge in [-0.15, -0.1) is 0 Å². The molecule has 0 heterocycles. The highest BCUT2D eigenvalue weighted by Crippen LogP contribution is 2.42. The zero-order valence-electron chi connectivity index (χ0n) is 12.8. The molecular formula is C16H27NO3. The Morgan fingerprint density at radius 2 is 1.70 bits per heavy atom. The first-order chi connectivity index (χ1) is 9.34. The number of carbonyl (C=O) groups is 2. The molecule has 4 heteroatoms. The zero-order chi connectivity index (χ0) is 14.9. The number of nitrogens with zero attached hydrogens (tertiary/aromatic N) is 1. The van der Waals surface area contributed by atoms with E-state index in [0.29, 0.717) is 11.3 Å². The summed E-state index contributed by atoms with van der Waals surface area (Å²) in [7, 11) is 0. The van der Waals surface area contributed by atoms with Crippen LogP contribution in [0.3, 0.4) is 0 Å². The number of carbonyl (C=O) groups excluding carboxylic acids is 1. The second kappa shape index (κ2) is 5.74. The van der Waals surface area contributed by atoms with Crippen molar-refractivity contribution in [3.05, 3.63) is 0 Å². The van der Waals surface area contributed by atoms with Gasteiger partial charge >= 0.3 is 5.97 Å². The second-order valence-electron chi connectivity index (χ2n) is 7.54. The minimum atomic E-state index is -0.830. The SMILES string of the molecule is CC(C)(C)C1CCC(C(C(=O)O)N(C=O)C2CC2)CC1. The first-order valence-corrected chi connectivity index (χ1v) is 7.80. The fourth-order valence-corrected chi connectivity index (χ4v) is 3.62. The van der Waals surface area contributed by atoms with Gasteiger partial charge in [0.2, 0.25) is 6.41 Å². The molecule has 20 heavy (non-hydrogen) atoms. The standard InChI is InChI=1S/C16H27NO3/c1-16(2,3)12-6-4-11(5-7-12)14(15(19)20)17(10-18)13-8-9-13/h10-14H,4-9H2,1-3H3,(H,19,20). The number of amides is 1. The topological polar surface area (TPSA) is 57.6 Å². The van der Waals surface area contributed by atoms with Crippen LogP contribution in [-0.4, -0.2) is 34.5 Å². The van der Waals surface area contributed by atoms with E-state index in [1.165, 1.54) is 0 Å². The lowest BCUT2D eigenvalue weighted by Gasteiger charge is -2.40. The van der Waals surface area contributed by atoms with Gasteiger partial charge in [0, 0.05) is 6.04 Å². The molecule has 0 aromatic carbocycles. The van der Waals surface area contributed by atoms with Crippen LogP contribution in [0.25, 0.3) is 0 Å². The smallest absolute Gasteiger partial charge is 0.326 e. The van der Waals surface area contributed by atoms with Crippen LogP contribution in [0.2, 0.25) is 0 Å². The van der Waals surface area contributed by atoms with Gasteiger partial charge in [0.1, 0.15) is 6.04 Å². The third-order valence-corrected chi connectivity index (χ3v) is 5.11. The molecule has 0 aliphatic heterocycles. The number of carboxylic acids is 1. The highest BCUT2D eigenvalue weighted by molar-refractivity contribution is 5.77. The van der Waals surface area contributed by atoms with Crippen molar-refractivity contribution in [1.82, 2.24) is 4.90 Å². The molecule has 2 saturated carbocycles. The summed E-state index contributed by atoms with van der Waals surface area (Å²) in [5, 5.41) is 9.53. The number of hydrogen-bond acceptors (Lipinski definition) is 2. The molecule has 4 nitrogen and oxygen atoms in total. The van der Waals surface area contributed by atoms with Crippen molar-refractivity contribution in [3.63, 3.8) is 0 Å². The van der Waals surface area contributed by atoms with Gasteiger partial charge in [-0.2, -0.15) is 0 Å². The third kappa shape index (κ3) is 3.33. The van der Waals surface area contributed by atoms with Crippen molar-refractivity contribution in [1.29, 1.82) is 0 Å². The van der Waals surface area contributed by atoms with Crippen molar-refractivity contribution >= 4 is 12.4 Å². The maximum atomic E-state index is 11.6. The van der Waals surface area contributed by atoms with Crippen LogP contribution in [0.15, 0.2) is 0 Å². The monoisotopic (exact) mass is 281 g/mol. The van der Waals surface area contributed by atoms with Crippen molar-refractivity contribution in [2.75, 3.05) is 0 Å². The predicted molar refractivity (Wildman–Crippen MR) is 77.3 cm³/mol. The minimum absolute atomic E-state index is 0.122. The molecule has 2 fully saturated rings. The molecule has 1 unspecified atom stereocenters. The molecule has 2 aliphatic rings. The Labute approximate surface area is 121 Å². The van der Waals surface area contributed by atoms with Crippen molar-refractivity contribution in [3.8, 4) is 0 Å². The molecule has 1 amide bonds. The summed E-state index contributed by atoms with van der Waals surface area (Å²) in [6.45, 7) is 6.78. The zero-order valence-corrected chi connectivity index (χ0v) is 12.8. The quantitative estimate of drug-likeness (QED) is 0.788.